The van der Waals surface area contributed by atoms with E-state index in [9.17, 15) is 4.79 Å². The van der Waals surface area contributed by atoms with Crippen molar-refractivity contribution in [3.8, 4) is 5.75 Å². The van der Waals surface area contributed by atoms with Gasteiger partial charge in [-0.25, -0.2) is 0 Å². The molecule has 2 aromatic carbocycles. The number of hydrogen-bond acceptors (Lipinski definition) is 4. The standard InChI is InChI=1S/C20H24ClN3O2/c21-17-6-8-18(9-7-17)24-13-11-23(12-14-24)16-20(25)22-10-15-26-19-4-2-1-3-5-19/h1-9H,10-16H2,(H,22,25). The number of para-hydroxylation sites is 1. The van der Waals surface area contributed by atoms with Crippen molar-refractivity contribution >= 4 is 23.2 Å². The van der Waals surface area contributed by atoms with Crippen molar-refractivity contribution in [3.63, 3.8) is 0 Å². The fourth-order valence-corrected chi connectivity index (χ4v) is 3.08. The predicted octanol–water partition coefficient (Wildman–Crippen LogP) is 2.66. The summed E-state index contributed by atoms with van der Waals surface area (Å²) in [6.07, 6.45) is 0. The Balaban J connectivity index is 1.32. The molecular formula is C20H24ClN3O2. The summed E-state index contributed by atoms with van der Waals surface area (Å²) in [5, 5.41) is 3.67. The van der Waals surface area contributed by atoms with E-state index in [-0.39, 0.29) is 5.91 Å². The van der Waals surface area contributed by atoms with Crippen molar-refractivity contribution < 1.29 is 9.53 Å². The van der Waals surface area contributed by atoms with Crippen LogP contribution in [0.1, 0.15) is 0 Å². The second-order valence-corrected chi connectivity index (χ2v) is 6.69. The Bertz CT molecular complexity index is 686. The molecule has 3 rings (SSSR count). The topological polar surface area (TPSA) is 44.8 Å². The van der Waals surface area contributed by atoms with Gasteiger partial charge in [-0.2, -0.15) is 0 Å². The molecule has 0 aliphatic carbocycles. The summed E-state index contributed by atoms with van der Waals surface area (Å²) in [6.45, 7) is 4.98. The highest BCUT2D eigenvalue weighted by Gasteiger charge is 2.19. The minimum Gasteiger partial charge on any atom is -0.492 e. The Morgan fingerprint density at radius 3 is 2.38 bits per heavy atom. The highest BCUT2D eigenvalue weighted by molar-refractivity contribution is 6.30. The number of rotatable bonds is 7. The van der Waals surface area contributed by atoms with E-state index in [1.807, 2.05) is 54.6 Å². The van der Waals surface area contributed by atoms with Crippen LogP contribution in [0, 0.1) is 0 Å². The van der Waals surface area contributed by atoms with Crippen molar-refractivity contribution in [2.45, 2.75) is 0 Å². The number of halogens is 1. The molecule has 5 nitrogen and oxygen atoms in total. The van der Waals surface area contributed by atoms with Crippen LogP contribution >= 0.6 is 11.6 Å². The monoisotopic (exact) mass is 373 g/mol. The van der Waals surface area contributed by atoms with E-state index in [1.54, 1.807) is 0 Å². The van der Waals surface area contributed by atoms with Crippen molar-refractivity contribution in [2.24, 2.45) is 0 Å². The van der Waals surface area contributed by atoms with Crippen LogP contribution in [-0.2, 0) is 4.79 Å². The van der Waals surface area contributed by atoms with Gasteiger partial charge in [-0.1, -0.05) is 29.8 Å². The molecule has 0 unspecified atom stereocenters. The maximum Gasteiger partial charge on any atom is 0.234 e. The first-order valence-electron chi connectivity index (χ1n) is 8.88. The predicted molar refractivity (Wildman–Crippen MR) is 105 cm³/mol. The van der Waals surface area contributed by atoms with E-state index < -0.39 is 0 Å². The molecule has 0 aromatic heterocycles. The lowest BCUT2D eigenvalue weighted by Crippen LogP contribution is -2.49. The Morgan fingerprint density at radius 1 is 1.00 bits per heavy atom. The maximum absolute atomic E-state index is 12.1. The number of piperazine rings is 1. The molecule has 6 heteroatoms. The number of nitrogens with one attached hydrogen (secondary N) is 1. The Morgan fingerprint density at radius 2 is 1.69 bits per heavy atom. The van der Waals surface area contributed by atoms with Crippen LogP contribution in [0.4, 0.5) is 5.69 Å². The Labute approximate surface area is 159 Å². The highest BCUT2D eigenvalue weighted by Crippen LogP contribution is 2.19. The van der Waals surface area contributed by atoms with Gasteiger partial charge in [0.1, 0.15) is 12.4 Å². The van der Waals surface area contributed by atoms with E-state index in [1.165, 1.54) is 5.69 Å². The summed E-state index contributed by atoms with van der Waals surface area (Å²) in [7, 11) is 0. The normalized spacial score (nSPS) is 14.9. The maximum atomic E-state index is 12.1. The highest BCUT2D eigenvalue weighted by atomic mass is 35.5. The van der Waals surface area contributed by atoms with Crippen LogP contribution in [0.2, 0.25) is 5.02 Å². The smallest absolute Gasteiger partial charge is 0.234 e. The van der Waals surface area contributed by atoms with Gasteiger partial charge in [-0.3, -0.25) is 9.69 Å². The summed E-state index contributed by atoms with van der Waals surface area (Å²) in [6, 6.07) is 17.5. The second-order valence-electron chi connectivity index (χ2n) is 6.25. The number of benzene rings is 2. The van der Waals surface area contributed by atoms with Gasteiger partial charge in [-0.05, 0) is 36.4 Å². The number of amides is 1. The van der Waals surface area contributed by atoms with Gasteiger partial charge >= 0.3 is 0 Å². The zero-order valence-electron chi connectivity index (χ0n) is 14.7. The summed E-state index contributed by atoms with van der Waals surface area (Å²) >= 11 is 5.94. The molecule has 1 fully saturated rings. The lowest BCUT2D eigenvalue weighted by molar-refractivity contribution is -0.122. The number of ether oxygens (including phenoxy) is 1. The van der Waals surface area contributed by atoms with Crippen LogP contribution in [0.3, 0.4) is 0 Å². The van der Waals surface area contributed by atoms with Gasteiger partial charge in [0.25, 0.3) is 0 Å². The van der Waals surface area contributed by atoms with Gasteiger partial charge in [0, 0.05) is 36.9 Å². The minimum absolute atomic E-state index is 0.0432. The summed E-state index contributed by atoms with van der Waals surface area (Å²) in [4.78, 5) is 16.6. The third kappa shape index (κ3) is 5.64. The Kier molecular flexibility index (Phi) is 6.75. The molecule has 138 valence electrons. The van der Waals surface area contributed by atoms with Crippen LogP contribution in [0.15, 0.2) is 54.6 Å². The van der Waals surface area contributed by atoms with Gasteiger partial charge in [-0.15, -0.1) is 0 Å². The molecule has 26 heavy (non-hydrogen) atoms. The first-order chi connectivity index (χ1) is 12.7. The van der Waals surface area contributed by atoms with E-state index in [4.69, 9.17) is 16.3 Å². The Hall–Kier alpha value is -2.24. The van der Waals surface area contributed by atoms with Crippen molar-refractivity contribution in [2.75, 3.05) is 50.8 Å². The quantitative estimate of drug-likeness (QED) is 0.758. The summed E-state index contributed by atoms with van der Waals surface area (Å²) in [5.41, 5.74) is 1.18. The fourth-order valence-electron chi connectivity index (χ4n) is 2.95. The van der Waals surface area contributed by atoms with Gasteiger partial charge < -0.3 is 15.0 Å². The summed E-state index contributed by atoms with van der Waals surface area (Å²) < 4.78 is 5.57. The van der Waals surface area contributed by atoms with Crippen LogP contribution in [0.25, 0.3) is 0 Å². The molecule has 1 amide bonds. The van der Waals surface area contributed by atoms with Crippen LogP contribution < -0.4 is 15.0 Å². The van der Waals surface area contributed by atoms with E-state index in [2.05, 4.69) is 15.1 Å². The number of carbonyl (C=O) groups excluding carboxylic acids is 1. The molecule has 1 heterocycles. The average molecular weight is 374 g/mol. The van der Waals surface area contributed by atoms with Crippen LogP contribution in [-0.4, -0.2) is 56.7 Å². The van der Waals surface area contributed by atoms with Gasteiger partial charge in [0.2, 0.25) is 5.91 Å². The van der Waals surface area contributed by atoms with Gasteiger partial charge in [0.15, 0.2) is 0 Å². The second kappa shape index (κ2) is 9.46. The molecule has 0 spiro atoms. The van der Waals surface area contributed by atoms with E-state index in [0.29, 0.717) is 19.7 Å². The number of hydrogen-bond donors (Lipinski definition) is 1. The lowest BCUT2D eigenvalue weighted by Gasteiger charge is -2.35. The van der Waals surface area contributed by atoms with Crippen molar-refractivity contribution in [3.05, 3.63) is 59.6 Å². The summed E-state index contributed by atoms with van der Waals surface area (Å²) in [5.74, 6) is 0.863. The minimum atomic E-state index is 0.0432. The molecule has 1 saturated heterocycles. The molecule has 1 N–H and O–H groups in total. The van der Waals surface area contributed by atoms with E-state index in [0.717, 1.165) is 37.0 Å². The van der Waals surface area contributed by atoms with Gasteiger partial charge in [0.05, 0.1) is 13.1 Å². The average Bonchev–Trinajstić information content (AvgIpc) is 2.67. The largest absolute Gasteiger partial charge is 0.492 e. The molecular weight excluding hydrogens is 350 g/mol. The molecule has 0 saturated carbocycles. The lowest BCUT2D eigenvalue weighted by atomic mass is 10.2. The SMILES string of the molecule is O=C(CN1CCN(c2ccc(Cl)cc2)CC1)NCCOc1ccccc1. The van der Waals surface area contributed by atoms with Crippen LogP contribution in [0.5, 0.6) is 5.75 Å². The molecule has 1 aliphatic rings. The third-order valence-electron chi connectivity index (χ3n) is 4.37. The number of anilines is 1. The first-order valence-corrected chi connectivity index (χ1v) is 9.26. The molecule has 0 radical (unpaired) electrons. The molecule has 1 aliphatic heterocycles. The number of carbonyl (C=O) groups is 1. The zero-order chi connectivity index (χ0) is 18.2. The molecule has 2 aromatic rings. The van der Waals surface area contributed by atoms with Crippen molar-refractivity contribution in [1.29, 1.82) is 0 Å². The first kappa shape index (κ1) is 18.5. The van der Waals surface area contributed by atoms with Crippen molar-refractivity contribution in [1.82, 2.24) is 10.2 Å². The van der Waals surface area contributed by atoms with E-state index >= 15 is 0 Å². The fraction of sp³-hybridized carbons (Fsp3) is 0.350. The molecule has 0 bridgehead atoms. The molecule has 0 atom stereocenters. The third-order valence-corrected chi connectivity index (χ3v) is 4.62. The zero-order valence-corrected chi connectivity index (χ0v) is 15.5. The number of nitrogens with zero attached hydrogens (tertiary/aromatic N) is 2.